The molecule has 1 aliphatic heterocycles. The number of aromatic nitrogens is 2. The number of carbonyl (C=O) groups is 1. The molecule has 0 aliphatic carbocycles. The Hall–Kier alpha value is -4.42. The molecule has 0 saturated heterocycles. The summed E-state index contributed by atoms with van der Waals surface area (Å²) in [7, 11) is -3.59. The minimum Gasteiger partial charge on any atom is -0.468 e. The SMILES string of the molecule is Cl.O=CNO.O=S(=O)(c1ccc(-c2ccc(Oc3ccc(-n4ccnc4)cc3)cc2)cc1)N1CCc2ccoc2C1. The van der Waals surface area contributed by atoms with E-state index in [1.165, 1.54) is 9.79 Å². The Morgan fingerprint density at radius 2 is 1.54 bits per heavy atom. The molecule has 3 aromatic carbocycles. The van der Waals surface area contributed by atoms with Gasteiger partial charge in [0, 0.05) is 24.6 Å². The molecule has 0 spiro atoms. The Balaban J connectivity index is 0.000000729. The highest BCUT2D eigenvalue weighted by atomic mass is 35.5. The van der Waals surface area contributed by atoms with E-state index in [1.54, 1.807) is 30.9 Å². The molecule has 2 aromatic heterocycles. The lowest BCUT2D eigenvalue weighted by atomic mass is 10.1. The molecule has 41 heavy (non-hydrogen) atoms. The average molecular weight is 595 g/mol. The van der Waals surface area contributed by atoms with Gasteiger partial charge < -0.3 is 13.7 Å². The van der Waals surface area contributed by atoms with Gasteiger partial charge in [-0.2, -0.15) is 4.31 Å². The number of nitrogens with zero attached hydrogens (tertiary/aromatic N) is 3. The first-order chi connectivity index (χ1) is 19.5. The zero-order valence-electron chi connectivity index (χ0n) is 21.7. The summed E-state index contributed by atoms with van der Waals surface area (Å²) in [5, 5.41) is 7.26. The number of hydroxylamine groups is 1. The van der Waals surface area contributed by atoms with E-state index in [2.05, 4.69) is 4.98 Å². The van der Waals surface area contributed by atoms with Crippen molar-refractivity contribution in [3.63, 3.8) is 0 Å². The number of ether oxygens (including phenoxy) is 1. The number of rotatable bonds is 7. The molecule has 0 atom stereocenters. The fraction of sp³-hybridized carbons (Fsp3) is 0.103. The van der Waals surface area contributed by atoms with Crippen LogP contribution in [0.5, 0.6) is 11.5 Å². The molecular formula is C29H27ClN4O6S. The molecule has 3 heterocycles. The van der Waals surface area contributed by atoms with Crippen LogP contribution < -0.4 is 10.2 Å². The lowest BCUT2D eigenvalue weighted by Crippen LogP contribution is -2.35. The molecule has 6 rings (SSSR count). The molecule has 0 unspecified atom stereocenters. The van der Waals surface area contributed by atoms with Crippen LogP contribution in [0.1, 0.15) is 11.3 Å². The maximum absolute atomic E-state index is 13.1. The summed E-state index contributed by atoms with van der Waals surface area (Å²) in [6.07, 6.45) is 7.83. The third-order valence-corrected chi connectivity index (χ3v) is 8.25. The van der Waals surface area contributed by atoms with Crippen molar-refractivity contribution < 1.29 is 27.6 Å². The quantitative estimate of drug-likeness (QED) is 0.150. The standard InChI is InChI=1S/C28H23N3O4S.CH3NO2.ClH/c32-36(33,31-16-13-23-14-18-34-28(23)19-31)27-11-3-22(4-12-27)21-1-7-25(8-2-21)35-26-9-5-24(6-10-26)30-17-15-29-20-30;3-1-2-4;/h1-12,14-15,17-18,20H,13,16,19H2;1,4H,(H,2,3);1H. The lowest BCUT2D eigenvalue weighted by molar-refractivity contribution is -0.116. The summed E-state index contributed by atoms with van der Waals surface area (Å²) in [5.41, 5.74) is 5.24. The van der Waals surface area contributed by atoms with Gasteiger partial charge in [0.05, 0.1) is 24.0 Å². The number of amides is 1. The summed E-state index contributed by atoms with van der Waals surface area (Å²) in [5.74, 6) is 2.18. The minimum absolute atomic E-state index is 0. The van der Waals surface area contributed by atoms with Gasteiger partial charge in [0.25, 0.3) is 0 Å². The van der Waals surface area contributed by atoms with Gasteiger partial charge in [0.1, 0.15) is 17.3 Å². The summed E-state index contributed by atoms with van der Waals surface area (Å²) in [6.45, 7) is 0.713. The maximum atomic E-state index is 13.1. The molecule has 5 aromatic rings. The van der Waals surface area contributed by atoms with E-state index in [-0.39, 0.29) is 30.3 Å². The molecule has 0 fully saturated rings. The third-order valence-electron chi connectivity index (χ3n) is 6.40. The first kappa shape index (κ1) is 29.6. The molecular weight excluding hydrogens is 568 g/mol. The van der Waals surface area contributed by atoms with Crippen LogP contribution in [0.25, 0.3) is 16.8 Å². The maximum Gasteiger partial charge on any atom is 0.243 e. The Morgan fingerprint density at radius 1 is 0.927 bits per heavy atom. The molecule has 10 nitrogen and oxygen atoms in total. The fourth-order valence-electron chi connectivity index (χ4n) is 4.34. The van der Waals surface area contributed by atoms with Gasteiger partial charge in [-0.05, 0) is 77.7 Å². The molecule has 2 N–H and O–H groups in total. The van der Waals surface area contributed by atoms with Gasteiger partial charge in [-0.25, -0.2) is 18.9 Å². The second-order valence-electron chi connectivity index (χ2n) is 8.82. The monoisotopic (exact) mass is 594 g/mol. The van der Waals surface area contributed by atoms with Crippen LogP contribution in [0, 0.1) is 0 Å². The number of benzene rings is 3. The van der Waals surface area contributed by atoms with Crippen molar-refractivity contribution in [3.05, 3.63) is 115 Å². The van der Waals surface area contributed by atoms with E-state index in [0.29, 0.717) is 13.0 Å². The number of sulfonamides is 1. The molecule has 1 amide bonds. The summed E-state index contributed by atoms with van der Waals surface area (Å²) in [4.78, 5) is 13.2. The van der Waals surface area contributed by atoms with Crippen LogP contribution in [-0.4, -0.2) is 40.4 Å². The normalized spacial score (nSPS) is 12.7. The molecule has 12 heteroatoms. The number of carbonyl (C=O) groups excluding carboxylic acids is 1. The molecule has 0 bridgehead atoms. The highest BCUT2D eigenvalue weighted by Gasteiger charge is 2.29. The second-order valence-corrected chi connectivity index (χ2v) is 10.8. The molecule has 1 aliphatic rings. The van der Waals surface area contributed by atoms with Crippen LogP contribution in [-0.2, 0) is 27.8 Å². The minimum atomic E-state index is -3.59. The van der Waals surface area contributed by atoms with Crippen molar-refractivity contribution in [1.29, 1.82) is 0 Å². The zero-order valence-corrected chi connectivity index (χ0v) is 23.3. The van der Waals surface area contributed by atoms with E-state index in [4.69, 9.17) is 19.2 Å². The fourth-order valence-corrected chi connectivity index (χ4v) is 5.73. The average Bonchev–Trinajstić information content (AvgIpc) is 3.71. The Morgan fingerprint density at radius 3 is 2.12 bits per heavy atom. The van der Waals surface area contributed by atoms with Gasteiger partial charge >= 0.3 is 0 Å². The van der Waals surface area contributed by atoms with Gasteiger partial charge in [-0.3, -0.25) is 10.0 Å². The smallest absolute Gasteiger partial charge is 0.243 e. The number of hydrogen-bond acceptors (Lipinski definition) is 7. The van der Waals surface area contributed by atoms with Gasteiger partial charge in [-0.1, -0.05) is 24.3 Å². The van der Waals surface area contributed by atoms with Crippen LogP contribution in [0.3, 0.4) is 0 Å². The largest absolute Gasteiger partial charge is 0.468 e. The summed E-state index contributed by atoms with van der Waals surface area (Å²) >= 11 is 0. The van der Waals surface area contributed by atoms with Crippen LogP contribution >= 0.6 is 12.4 Å². The van der Waals surface area contributed by atoms with E-state index < -0.39 is 10.0 Å². The predicted octanol–water partition coefficient (Wildman–Crippen LogP) is 5.22. The summed E-state index contributed by atoms with van der Waals surface area (Å²) < 4.78 is 41.1. The van der Waals surface area contributed by atoms with Crippen molar-refractivity contribution >= 4 is 28.8 Å². The van der Waals surface area contributed by atoms with Gasteiger partial charge in [0.2, 0.25) is 16.4 Å². The lowest BCUT2D eigenvalue weighted by Gasteiger charge is -2.25. The second kappa shape index (κ2) is 13.3. The Bertz CT molecular complexity index is 1650. The van der Waals surface area contributed by atoms with Crippen molar-refractivity contribution in [3.8, 4) is 28.3 Å². The van der Waals surface area contributed by atoms with E-state index in [1.807, 2.05) is 77.5 Å². The van der Waals surface area contributed by atoms with Gasteiger partial charge in [-0.15, -0.1) is 12.4 Å². The molecule has 0 saturated carbocycles. The first-order valence-electron chi connectivity index (χ1n) is 12.3. The van der Waals surface area contributed by atoms with Crippen molar-refractivity contribution in [2.24, 2.45) is 0 Å². The van der Waals surface area contributed by atoms with Crippen LogP contribution in [0.15, 0.2) is 113 Å². The Kier molecular flexibility index (Phi) is 9.58. The van der Waals surface area contributed by atoms with Crippen LogP contribution in [0.2, 0.25) is 0 Å². The van der Waals surface area contributed by atoms with Crippen molar-refractivity contribution in [2.75, 3.05) is 6.54 Å². The predicted molar refractivity (Wildman–Crippen MR) is 154 cm³/mol. The van der Waals surface area contributed by atoms with Crippen molar-refractivity contribution in [2.45, 2.75) is 17.9 Å². The number of hydrogen-bond donors (Lipinski definition) is 2. The summed E-state index contributed by atoms with van der Waals surface area (Å²) in [6, 6.07) is 24.4. The first-order valence-corrected chi connectivity index (χ1v) is 13.8. The van der Waals surface area contributed by atoms with Crippen LogP contribution in [0.4, 0.5) is 0 Å². The number of halogens is 1. The number of furan rings is 1. The van der Waals surface area contributed by atoms with E-state index >= 15 is 0 Å². The third kappa shape index (κ3) is 6.84. The molecule has 212 valence electrons. The number of imidazole rings is 1. The number of nitrogens with one attached hydrogen (secondary N) is 1. The highest BCUT2D eigenvalue weighted by molar-refractivity contribution is 7.89. The topological polar surface area (TPSA) is 127 Å². The zero-order chi connectivity index (χ0) is 28.0. The van der Waals surface area contributed by atoms with Crippen molar-refractivity contribution in [1.82, 2.24) is 19.3 Å². The number of fused-ring (bicyclic) bond motifs is 1. The Labute approximate surface area is 243 Å². The van der Waals surface area contributed by atoms with E-state index in [9.17, 15) is 8.42 Å². The highest BCUT2D eigenvalue weighted by Crippen LogP contribution is 2.29. The molecule has 0 radical (unpaired) electrons. The van der Waals surface area contributed by atoms with Gasteiger partial charge in [0.15, 0.2) is 0 Å². The van der Waals surface area contributed by atoms with E-state index in [0.717, 1.165) is 39.6 Å².